The van der Waals surface area contributed by atoms with E-state index in [-0.39, 0.29) is 5.95 Å². The van der Waals surface area contributed by atoms with Gasteiger partial charge in [0.2, 0.25) is 11.1 Å². The van der Waals surface area contributed by atoms with Crippen LogP contribution in [0.2, 0.25) is 5.02 Å². The predicted molar refractivity (Wildman–Crippen MR) is 75.9 cm³/mol. The van der Waals surface area contributed by atoms with Gasteiger partial charge in [0.15, 0.2) is 0 Å². The predicted octanol–water partition coefficient (Wildman–Crippen LogP) is 0.937. The van der Waals surface area contributed by atoms with Crippen molar-refractivity contribution in [3.05, 3.63) is 36.0 Å². The van der Waals surface area contributed by atoms with E-state index in [1.807, 2.05) is 0 Å². The van der Waals surface area contributed by atoms with E-state index in [0.29, 0.717) is 21.2 Å². The summed E-state index contributed by atoms with van der Waals surface area (Å²) < 4.78 is 1.40. The number of nitrogens with two attached hydrogens (primary N) is 1. The van der Waals surface area contributed by atoms with Crippen molar-refractivity contribution in [1.29, 1.82) is 0 Å². The van der Waals surface area contributed by atoms with Gasteiger partial charge in [0, 0.05) is 6.20 Å². The van der Waals surface area contributed by atoms with Crippen molar-refractivity contribution in [2.24, 2.45) is 5.84 Å². The van der Waals surface area contributed by atoms with Crippen LogP contribution < -0.4 is 11.3 Å². The standard InChI is InChI=1S/C10H8ClN9S/c11-6-1-2-7(14-3-6)21-10-17-8(19-12)16-9(18-10)20-5-13-4-15-20/h1-5H,12H2,(H,16,17,18,19). The number of hydrazine groups is 1. The highest BCUT2D eigenvalue weighted by molar-refractivity contribution is 7.99. The Kier molecular flexibility index (Phi) is 3.90. The van der Waals surface area contributed by atoms with E-state index in [4.69, 9.17) is 17.4 Å². The van der Waals surface area contributed by atoms with Crippen LogP contribution in [0.3, 0.4) is 0 Å². The van der Waals surface area contributed by atoms with E-state index in [9.17, 15) is 0 Å². The SMILES string of the molecule is NNc1nc(Sc2ccc(Cl)cn2)nc(-n2cncn2)n1. The number of rotatable bonds is 4. The Morgan fingerprint density at radius 2 is 2.14 bits per heavy atom. The van der Waals surface area contributed by atoms with Gasteiger partial charge in [-0.25, -0.2) is 15.8 Å². The smallest absolute Gasteiger partial charge is 0.257 e. The number of hydrogen-bond acceptors (Lipinski definition) is 9. The highest BCUT2D eigenvalue weighted by Gasteiger charge is 2.10. The molecule has 0 saturated heterocycles. The van der Waals surface area contributed by atoms with Crippen LogP contribution in [0.1, 0.15) is 0 Å². The zero-order valence-corrected chi connectivity index (χ0v) is 12.0. The first-order valence-corrected chi connectivity index (χ1v) is 6.81. The largest absolute Gasteiger partial charge is 0.292 e. The van der Waals surface area contributed by atoms with Gasteiger partial charge in [-0.2, -0.15) is 24.7 Å². The molecule has 9 nitrogen and oxygen atoms in total. The summed E-state index contributed by atoms with van der Waals surface area (Å²) >= 11 is 7.05. The third-order valence-electron chi connectivity index (χ3n) is 2.25. The second-order valence-electron chi connectivity index (χ2n) is 3.64. The minimum Gasteiger partial charge on any atom is -0.292 e. The summed E-state index contributed by atoms with van der Waals surface area (Å²) in [6.07, 6.45) is 4.41. The zero-order valence-electron chi connectivity index (χ0n) is 10.4. The lowest BCUT2D eigenvalue weighted by molar-refractivity contribution is 0.759. The molecule has 0 saturated carbocycles. The molecule has 106 valence electrons. The van der Waals surface area contributed by atoms with Gasteiger partial charge < -0.3 is 0 Å². The van der Waals surface area contributed by atoms with Gasteiger partial charge in [-0.1, -0.05) is 11.6 Å². The van der Waals surface area contributed by atoms with Crippen LogP contribution in [0.5, 0.6) is 0 Å². The third kappa shape index (κ3) is 3.24. The molecule has 0 aliphatic heterocycles. The van der Waals surface area contributed by atoms with Crippen molar-refractivity contribution in [2.45, 2.75) is 10.2 Å². The fourth-order valence-corrected chi connectivity index (χ4v) is 2.19. The molecule has 0 radical (unpaired) electrons. The molecule has 3 heterocycles. The van der Waals surface area contributed by atoms with Crippen LogP contribution in [0.15, 0.2) is 41.2 Å². The maximum atomic E-state index is 5.80. The number of nitrogens with zero attached hydrogens (tertiary/aromatic N) is 7. The molecule has 0 aliphatic rings. The number of aromatic nitrogens is 7. The average Bonchev–Trinajstić information content (AvgIpc) is 3.04. The lowest BCUT2D eigenvalue weighted by atomic mass is 10.5. The molecule has 0 unspecified atom stereocenters. The van der Waals surface area contributed by atoms with Crippen molar-refractivity contribution in [2.75, 3.05) is 5.43 Å². The maximum Gasteiger partial charge on any atom is 0.257 e. The van der Waals surface area contributed by atoms with Crippen LogP contribution in [-0.2, 0) is 0 Å². The second kappa shape index (κ2) is 5.99. The van der Waals surface area contributed by atoms with Crippen LogP contribution in [0.4, 0.5) is 5.95 Å². The number of nitrogens with one attached hydrogen (secondary N) is 1. The topological polar surface area (TPSA) is 120 Å². The molecule has 0 amide bonds. The minimum atomic E-state index is 0.215. The monoisotopic (exact) mass is 321 g/mol. The van der Waals surface area contributed by atoms with Crippen molar-refractivity contribution >= 4 is 29.3 Å². The summed E-state index contributed by atoms with van der Waals surface area (Å²) in [5.74, 6) is 5.88. The molecule has 0 spiro atoms. The van der Waals surface area contributed by atoms with Crippen LogP contribution in [0, 0.1) is 0 Å². The van der Waals surface area contributed by atoms with E-state index in [2.05, 4.69) is 35.4 Å². The van der Waals surface area contributed by atoms with Gasteiger partial charge in [-0.3, -0.25) is 5.43 Å². The van der Waals surface area contributed by atoms with Gasteiger partial charge in [-0.15, -0.1) is 0 Å². The van der Waals surface area contributed by atoms with Crippen LogP contribution in [0.25, 0.3) is 5.95 Å². The highest BCUT2D eigenvalue weighted by atomic mass is 35.5. The Balaban J connectivity index is 1.94. The maximum absolute atomic E-state index is 5.80. The third-order valence-corrected chi connectivity index (χ3v) is 3.29. The van der Waals surface area contributed by atoms with Gasteiger partial charge in [-0.05, 0) is 23.9 Å². The first-order valence-electron chi connectivity index (χ1n) is 5.62. The molecule has 21 heavy (non-hydrogen) atoms. The van der Waals surface area contributed by atoms with E-state index in [1.165, 1.54) is 29.1 Å². The molecule has 0 aromatic carbocycles. The van der Waals surface area contributed by atoms with Gasteiger partial charge >= 0.3 is 0 Å². The Bertz CT molecular complexity index is 731. The lowest BCUT2D eigenvalue weighted by Gasteiger charge is -2.05. The molecule has 0 aliphatic carbocycles. The van der Waals surface area contributed by atoms with Crippen molar-refractivity contribution < 1.29 is 0 Å². The molecule has 0 fully saturated rings. The van der Waals surface area contributed by atoms with E-state index >= 15 is 0 Å². The first-order chi connectivity index (χ1) is 10.2. The quantitative estimate of drug-likeness (QED) is 0.534. The van der Waals surface area contributed by atoms with Crippen LogP contribution in [-0.4, -0.2) is 34.7 Å². The van der Waals surface area contributed by atoms with Crippen LogP contribution >= 0.6 is 23.4 Å². The molecule has 11 heteroatoms. The second-order valence-corrected chi connectivity index (χ2v) is 5.07. The van der Waals surface area contributed by atoms with E-state index in [1.54, 1.807) is 18.3 Å². The Hall–Kier alpha value is -2.30. The Morgan fingerprint density at radius 1 is 1.24 bits per heavy atom. The summed E-state index contributed by atoms with van der Waals surface area (Å²) in [4.78, 5) is 20.5. The average molecular weight is 322 g/mol. The number of pyridine rings is 1. The Morgan fingerprint density at radius 3 is 2.81 bits per heavy atom. The van der Waals surface area contributed by atoms with Gasteiger partial charge in [0.1, 0.15) is 17.7 Å². The lowest BCUT2D eigenvalue weighted by Crippen LogP contribution is -2.14. The molecule has 3 rings (SSSR count). The van der Waals surface area contributed by atoms with Crippen molar-refractivity contribution in [3.8, 4) is 5.95 Å². The van der Waals surface area contributed by atoms with Crippen molar-refractivity contribution in [1.82, 2.24) is 34.7 Å². The molecule has 3 aromatic rings. The number of hydrogen-bond donors (Lipinski definition) is 2. The van der Waals surface area contributed by atoms with Gasteiger partial charge in [0.25, 0.3) is 5.95 Å². The molecule has 3 aromatic heterocycles. The molecule has 3 N–H and O–H groups in total. The minimum absolute atomic E-state index is 0.215. The van der Waals surface area contributed by atoms with E-state index < -0.39 is 0 Å². The molecule has 0 bridgehead atoms. The van der Waals surface area contributed by atoms with E-state index in [0.717, 1.165) is 0 Å². The number of anilines is 1. The Labute approximate surface area is 128 Å². The molecular formula is C10H8ClN9S. The zero-order chi connectivity index (χ0) is 14.7. The summed E-state index contributed by atoms with van der Waals surface area (Å²) in [5, 5.41) is 5.63. The molecule has 0 atom stereocenters. The number of halogens is 1. The fourth-order valence-electron chi connectivity index (χ4n) is 1.39. The summed E-state index contributed by atoms with van der Waals surface area (Å²) in [5.41, 5.74) is 2.39. The highest BCUT2D eigenvalue weighted by Crippen LogP contribution is 2.24. The summed E-state index contributed by atoms with van der Waals surface area (Å²) in [7, 11) is 0. The van der Waals surface area contributed by atoms with Crippen molar-refractivity contribution in [3.63, 3.8) is 0 Å². The normalized spacial score (nSPS) is 10.6. The fraction of sp³-hybridized carbons (Fsp3) is 0. The van der Waals surface area contributed by atoms with Gasteiger partial charge in [0.05, 0.1) is 5.02 Å². The summed E-state index contributed by atoms with van der Waals surface area (Å²) in [6.45, 7) is 0. The number of nitrogen functional groups attached to an aromatic ring is 1. The molecular weight excluding hydrogens is 314 g/mol. The first kappa shape index (κ1) is 13.7. The summed E-state index contributed by atoms with van der Waals surface area (Å²) in [6, 6.07) is 3.50.